The van der Waals surface area contributed by atoms with E-state index in [1.54, 1.807) is 11.8 Å². The monoisotopic (exact) mass is 155 g/mol. The fourth-order valence-electron chi connectivity index (χ4n) is 1.36. The number of fused-ring (bicyclic) bond motifs is 1. The summed E-state index contributed by atoms with van der Waals surface area (Å²) in [4.78, 5) is 0. The van der Waals surface area contributed by atoms with Gasteiger partial charge >= 0.3 is 0 Å². The molecule has 2 nitrogen and oxygen atoms in total. The van der Waals surface area contributed by atoms with Crippen molar-refractivity contribution in [3.05, 3.63) is 11.3 Å². The Morgan fingerprint density at radius 3 is 3.20 bits per heavy atom. The van der Waals surface area contributed by atoms with Crippen LogP contribution >= 0.6 is 11.8 Å². The number of aryl methyl sites for hydroxylation is 1. The van der Waals surface area contributed by atoms with Crippen LogP contribution in [0.4, 0.5) is 0 Å². The van der Waals surface area contributed by atoms with Gasteiger partial charge in [-0.3, -0.25) is 0 Å². The predicted molar refractivity (Wildman–Crippen MR) is 40.3 cm³/mol. The van der Waals surface area contributed by atoms with Crippen molar-refractivity contribution in [2.45, 2.75) is 24.4 Å². The van der Waals surface area contributed by atoms with Crippen molar-refractivity contribution in [3.63, 3.8) is 0 Å². The summed E-state index contributed by atoms with van der Waals surface area (Å²) in [6, 6.07) is 0. The van der Waals surface area contributed by atoms with E-state index in [-0.39, 0.29) is 0 Å². The van der Waals surface area contributed by atoms with Crippen molar-refractivity contribution in [1.29, 1.82) is 0 Å². The lowest BCUT2D eigenvalue weighted by Gasteiger charge is -1.88. The molecule has 0 radical (unpaired) electrons. The summed E-state index contributed by atoms with van der Waals surface area (Å²) in [5.41, 5.74) is 2.54. The molecular weight excluding hydrogens is 146 g/mol. The molecule has 1 aromatic rings. The lowest BCUT2D eigenvalue weighted by atomic mass is 10.3. The molecule has 0 aliphatic heterocycles. The van der Waals surface area contributed by atoms with E-state index in [0.717, 1.165) is 17.9 Å². The number of rotatable bonds is 1. The van der Waals surface area contributed by atoms with Crippen molar-refractivity contribution < 1.29 is 4.52 Å². The van der Waals surface area contributed by atoms with Gasteiger partial charge in [0.15, 0.2) is 5.09 Å². The van der Waals surface area contributed by atoms with Crippen molar-refractivity contribution in [2.75, 3.05) is 6.26 Å². The molecule has 1 heterocycles. The van der Waals surface area contributed by atoms with E-state index in [0.29, 0.717) is 0 Å². The topological polar surface area (TPSA) is 26.0 Å². The van der Waals surface area contributed by atoms with E-state index in [1.807, 2.05) is 6.26 Å². The smallest absolute Gasteiger partial charge is 0.196 e. The number of aromatic nitrogens is 1. The summed E-state index contributed by atoms with van der Waals surface area (Å²) in [6.07, 6.45) is 5.55. The molecule has 0 amide bonds. The van der Waals surface area contributed by atoms with Crippen LogP contribution in [0.2, 0.25) is 0 Å². The van der Waals surface area contributed by atoms with E-state index < -0.39 is 0 Å². The highest BCUT2D eigenvalue weighted by Gasteiger charge is 2.19. The summed E-state index contributed by atoms with van der Waals surface area (Å²) in [5, 5.41) is 4.99. The van der Waals surface area contributed by atoms with Crippen LogP contribution in [-0.2, 0) is 12.8 Å². The molecule has 0 bridgehead atoms. The summed E-state index contributed by atoms with van der Waals surface area (Å²) < 4.78 is 5.10. The second-order valence-corrected chi connectivity index (χ2v) is 3.23. The summed E-state index contributed by atoms with van der Waals surface area (Å²) in [7, 11) is 0. The van der Waals surface area contributed by atoms with Crippen LogP contribution in [0, 0.1) is 0 Å². The van der Waals surface area contributed by atoms with Gasteiger partial charge in [-0.2, -0.15) is 0 Å². The molecule has 10 heavy (non-hydrogen) atoms. The molecule has 0 saturated heterocycles. The Bertz CT molecular complexity index is 244. The first-order chi connectivity index (χ1) is 4.92. The maximum atomic E-state index is 5.10. The zero-order chi connectivity index (χ0) is 6.97. The number of hydrogen-bond donors (Lipinski definition) is 0. The predicted octanol–water partition coefficient (Wildman–Crippen LogP) is 1.89. The zero-order valence-electron chi connectivity index (χ0n) is 5.89. The Balaban J connectivity index is 2.44. The highest BCUT2D eigenvalue weighted by Crippen LogP contribution is 2.29. The molecule has 2 rings (SSSR count). The van der Waals surface area contributed by atoms with Crippen molar-refractivity contribution in [2.24, 2.45) is 0 Å². The van der Waals surface area contributed by atoms with Gasteiger partial charge in [0.1, 0.15) is 0 Å². The number of nitrogens with zero attached hydrogens (tertiary/aromatic N) is 1. The fraction of sp³-hybridized carbons (Fsp3) is 0.571. The van der Waals surface area contributed by atoms with Gasteiger partial charge in [0, 0.05) is 5.56 Å². The van der Waals surface area contributed by atoms with E-state index >= 15 is 0 Å². The van der Waals surface area contributed by atoms with Gasteiger partial charge in [0.2, 0.25) is 0 Å². The first kappa shape index (κ1) is 6.28. The van der Waals surface area contributed by atoms with Crippen molar-refractivity contribution in [1.82, 2.24) is 5.16 Å². The molecule has 0 unspecified atom stereocenters. The normalized spacial score (nSPS) is 15.7. The third-order valence-corrected chi connectivity index (χ3v) is 2.55. The number of hydrogen-bond acceptors (Lipinski definition) is 3. The molecule has 0 aromatic carbocycles. The molecule has 0 saturated carbocycles. The van der Waals surface area contributed by atoms with Crippen LogP contribution in [0.3, 0.4) is 0 Å². The zero-order valence-corrected chi connectivity index (χ0v) is 6.70. The van der Waals surface area contributed by atoms with Crippen LogP contribution in [0.15, 0.2) is 9.62 Å². The highest BCUT2D eigenvalue weighted by atomic mass is 32.2. The van der Waals surface area contributed by atoms with Crippen molar-refractivity contribution in [3.8, 4) is 0 Å². The Morgan fingerprint density at radius 1 is 1.50 bits per heavy atom. The lowest BCUT2D eigenvalue weighted by molar-refractivity contribution is 0.339. The number of thioether (sulfide) groups is 1. The fourth-order valence-corrected chi connectivity index (χ4v) is 1.94. The minimum atomic E-state index is 1.02. The van der Waals surface area contributed by atoms with Gasteiger partial charge in [-0.05, 0) is 25.5 Å². The average molecular weight is 155 g/mol. The van der Waals surface area contributed by atoms with Crippen LogP contribution < -0.4 is 0 Å². The molecule has 1 aliphatic rings. The first-order valence-electron chi connectivity index (χ1n) is 3.43. The first-order valence-corrected chi connectivity index (χ1v) is 4.65. The standard InChI is InChI=1S/C7H9NOS/c1-10-7-5-3-2-4-6(5)8-9-7/h2-4H2,1H3. The average Bonchev–Trinajstić information content (AvgIpc) is 2.44. The second kappa shape index (κ2) is 2.31. The summed E-state index contributed by atoms with van der Waals surface area (Å²) >= 11 is 1.65. The maximum absolute atomic E-state index is 5.10. The van der Waals surface area contributed by atoms with Crippen LogP contribution in [-0.4, -0.2) is 11.4 Å². The van der Waals surface area contributed by atoms with E-state index in [9.17, 15) is 0 Å². The minimum Gasteiger partial charge on any atom is -0.349 e. The van der Waals surface area contributed by atoms with E-state index in [2.05, 4.69) is 5.16 Å². The Hall–Kier alpha value is -0.440. The van der Waals surface area contributed by atoms with Crippen LogP contribution in [0.25, 0.3) is 0 Å². The summed E-state index contributed by atoms with van der Waals surface area (Å²) in [6.45, 7) is 0. The second-order valence-electron chi connectivity index (χ2n) is 2.45. The maximum Gasteiger partial charge on any atom is 0.196 e. The molecule has 0 fully saturated rings. The molecule has 0 N–H and O–H groups in total. The van der Waals surface area contributed by atoms with Crippen LogP contribution in [0.1, 0.15) is 17.7 Å². The molecular formula is C7H9NOS. The Kier molecular flexibility index (Phi) is 1.45. The summed E-state index contributed by atoms with van der Waals surface area (Å²) in [5.74, 6) is 0. The van der Waals surface area contributed by atoms with Gasteiger partial charge in [-0.1, -0.05) is 16.9 Å². The van der Waals surface area contributed by atoms with Gasteiger partial charge in [-0.25, -0.2) is 0 Å². The third-order valence-electron chi connectivity index (χ3n) is 1.86. The lowest BCUT2D eigenvalue weighted by Crippen LogP contribution is -1.75. The van der Waals surface area contributed by atoms with Gasteiger partial charge in [0.05, 0.1) is 5.69 Å². The Labute approximate surface area is 64.0 Å². The van der Waals surface area contributed by atoms with Gasteiger partial charge in [-0.15, -0.1) is 0 Å². The van der Waals surface area contributed by atoms with Gasteiger partial charge < -0.3 is 4.52 Å². The molecule has 0 atom stereocenters. The molecule has 3 heteroatoms. The molecule has 1 aliphatic carbocycles. The highest BCUT2D eigenvalue weighted by molar-refractivity contribution is 7.98. The van der Waals surface area contributed by atoms with Crippen molar-refractivity contribution >= 4 is 11.8 Å². The quantitative estimate of drug-likeness (QED) is 0.579. The molecule has 0 spiro atoms. The van der Waals surface area contributed by atoms with E-state index in [1.165, 1.54) is 17.7 Å². The third kappa shape index (κ3) is 0.770. The van der Waals surface area contributed by atoms with E-state index in [4.69, 9.17) is 4.52 Å². The Morgan fingerprint density at radius 2 is 2.40 bits per heavy atom. The molecule has 1 aromatic heterocycles. The SMILES string of the molecule is CSc1onc2c1CCC2. The largest absolute Gasteiger partial charge is 0.349 e. The van der Waals surface area contributed by atoms with Gasteiger partial charge in [0.25, 0.3) is 0 Å². The minimum absolute atomic E-state index is 1.02. The molecule has 54 valence electrons. The van der Waals surface area contributed by atoms with Crippen LogP contribution in [0.5, 0.6) is 0 Å².